The molecular formula is C13H19N3O5. The van der Waals surface area contributed by atoms with Gasteiger partial charge in [-0.05, 0) is 20.3 Å². The molecule has 0 saturated heterocycles. The molecule has 0 aliphatic rings. The molecule has 0 spiro atoms. The number of ether oxygens (including phenoxy) is 1. The average molecular weight is 297 g/mol. The molecule has 0 fully saturated rings. The van der Waals surface area contributed by atoms with E-state index in [1.807, 2.05) is 0 Å². The predicted octanol–water partition coefficient (Wildman–Crippen LogP) is 0.255. The number of esters is 1. The first kappa shape index (κ1) is 16.7. The number of carboxylic acids is 1. The molecule has 0 unspecified atom stereocenters. The van der Waals surface area contributed by atoms with Crippen molar-refractivity contribution in [1.82, 2.24) is 15.1 Å². The fourth-order valence-corrected chi connectivity index (χ4v) is 1.71. The molecule has 2 N–H and O–H groups in total. The largest absolute Gasteiger partial charge is 0.480 e. The lowest BCUT2D eigenvalue weighted by atomic mass is 10.1. The number of carboxylic acid groups (broad SMARTS) is 1. The van der Waals surface area contributed by atoms with Crippen LogP contribution in [-0.4, -0.2) is 45.4 Å². The van der Waals surface area contributed by atoms with E-state index in [9.17, 15) is 14.4 Å². The Morgan fingerprint density at radius 1 is 1.48 bits per heavy atom. The van der Waals surface area contributed by atoms with E-state index < -0.39 is 23.9 Å². The van der Waals surface area contributed by atoms with Crippen LogP contribution in [0.3, 0.4) is 0 Å². The third kappa shape index (κ3) is 4.59. The molecule has 1 heterocycles. The van der Waals surface area contributed by atoms with Crippen molar-refractivity contribution in [3.05, 3.63) is 17.5 Å². The van der Waals surface area contributed by atoms with Gasteiger partial charge in [-0.3, -0.25) is 14.3 Å². The van der Waals surface area contributed by atoms with Crippen molar-refractivity contribution in [3.8, 4) is 0 Å². The molecular weight excluding hydrogens is 278 g/mol. The maximum absolute atomic E-state index is 12.0. The van der Waals surface area contributed by atoms with Gasteiger partial charge in [0, 0.05) is 19.2 Å². The molecule has 0 aliphatic heterocycles. The van der Waals surface area contributed by atoms with E-state index in [0.29, 0.717) is 11.3 Å². The number of carbonyl (C=O) groups excluding carboxylic acids is 2. The fourth-order valence-electron chi connectivity index (χ4n) is 1.71. The lowest BCUT2D eigenvalue weighted by Gasteiger charge is -2.13. The van der Waals surface area contributed by atoms with Crippen LogP contribution in [0.2, 0.25) is 0 Å². The molecule has 8 nitrogen and oxygen atoms in total. The highest BCUT2D eigenvalue weighted by molar-refractivity contribution is 5.97. The summed E-state index contributed by atoms with van der Waals surface area (Å²) in [5.41, 5.74) is 0.932. The molecule has 1 amide bonds. The van der Waals surface area contributed by atoms with Gasteiger partial charge in [0.25, 0.3) is 5.91 Å². The molecule has 116 valence electrons. The van der Waals surface area contributed by atoms with Gasteiger partial charge in [0.05, 0.1) is 18.4 Å². The van der Waals surface area contributed by atoms with E-state index in [-0.39, 0.29) is 19.4 Å². The zero-order chi connectivity index (χ0) is 16.0. The summed E-state index contributed by atoms with van der Waals surface area (Å²) < 4.78 is 6.24. The van der Waals surface area contributed by atoms with Crippen molar-refractivity contribution in [2.45, 2.75) is 32.7 Å². The molecule has 1 atom stereocenters. The van der Waals surface area contributed by atoms with Crippen molar-refractivity contribution in [2.75, 3.05) is 6.61 Å². The molecule has 0 radical (unpaired) electrons. The van der Waals surface area contributed by atoms with Crippen LogP contribution in [0.4, 0.5) is 0 Å². The standard InChI is InChI=1S/C13H19N3O5/c1-4-21-11(17)6-5-10(13(19)20)15-12(18)9-7-14-16(3)8(9)2/h7,10H,4-6H2,1-3H3,(H,15,18)(H,19,20)/t10-/m0/s1. The summed E-state index contributed by atoms with van der Waals surface area (Å²) in [7, 11) is 1.68. The Morgan fingerprint density at radius 2 is 2.14 bits per heavy atom. The summed E-state index contributed by atoms with van der Waals surface area (Å²) in [6, 6.07) is -1.15. The van der Waals surface area contributed by atoms with Gasteiger partial charge in [-0.25, -0.2) is 4.79 Å². The zero-order valence-electron chi connectivity index (χ0n) is 12.3. The van der Waals surface area contributed by atoms with E-state index in [1.165, 1.54) is 10.9 Å². The molecule has 1 aromatic heterocycles. The Hall–Kier alpha value is -2.38. The van der Waals surface area contributed by atoms with E-state index in [4.69, 9.17) is 9.84 Å². The number of nitrogens with zero attached hydrogens (tertiary/aromatic N) is 2. The van der Waals surface area contributed by atoms with Gasteiger partial charge in [0.2, 0.25) is 0 Å². The summed E-state index contributed by atoms with van der Waals surface area (Å²) in [6.07, 6.45) is 1.27. The van der Waals surface area contributed by atoms with Gasteiger partial charge < -0.3 is 15.2 Å². The van der Waals surface area contributed by atoms with Crippen LogP contribution < -0.4 is 5.32 Å². The first-order valence-corrected chi connectivity index (χ1v) is 6.54. The lowest BCUT2D eigenvalue weighted by molar-refractivity contribution is -0.144. The number of rotatable bonds is 7. The van der Waals surface area contributed by atoms with Gasteiger partial charge in [0.1, 0.15) is 6.04 Å². The number of nitrogens with one attached hydrogen (secondary N) is 1. The number of aromatic nitrogens is 2. The van der Waals surface area contributed by atoms with E-state index in [0.717, 1.165) is 0 Å². The molecule has 0 aliphatic carbocycles. The molecule has 0 bridgehead atoms. The summed E-state index contributed by atoms with van der Waals surface area (Å²) in [5, 5.41) is 15.4. The van der Waals surface area contributed by atoms with Crippen molar-refractivity contribution < 1.29 is 24.2 Å². The first-order chi connectivity index (χ1) is 9.86. The highest BCUT2D eigenvalue weighted by atomic mass is 16.5. The van der Waals surface area contributed by atoms with Gasteiger partial charge >= 0.3 is 11.9 Å². The molecule has 0 saturated carbocycles. The van der Waals surface area contributed by atoms with Crippen LogP contribution in [0, 0.1) is 6.92 Å². The quantitative estimate of drug-likeness (QED) is 0.698. The average Bonchev–Trinajstić information content (AvgIpc) is 2.74. The van der Waals surface area contributed by atoms with Crippen LogP contribution in [0.1, 0.15) is 35.8 Å². The number of hydrogen-bond donors (Lipinski definition) is 2. The zero-order valence-corrected chi connectivity index (χ0v) is 12.3. The maximum atomic E-state index is 12.0. The Morgan fingerprint density at radius 3 is 2.62 bits per heavy atom. The summed E-state index contributed by atoms with van der Waals surface area (Å²) >= 11 is 0. The number of carbonyl (C=O) groups is 3. The molecule has 8 heteroatoms. The van der Waals surface area contributed by atoms with Crippen molar-refractivity contribution in [2.24, 2.45) is 7.05 Å². The smallest absolute Gasteiger partial charge is 0.326 e. The number of amides is 1. The summed E-state index contributed by atoms with van der Waals surface area (Å²) in [5.74, 6) is -2.22. The minimum atomic E-state index is -1.20. The topological polar surface area (TPSA) is 111 Å². The monoisotopic (exact) mass is 297 g/mol. The molecule has 21 heavy (non-hydrogen) atoms. The third-order valence-electron chi connectivity index (χ3n) is 3.03. The van der Waals surface area contributed by atoms with Crippen molar-refractivity contribution >= 4 is 17.8 Å². The highest BCUT2D eigenvalue weighted by Crippen LogP contribution is 2.07. The predicted molar refractivity (Wildman–Crippen MR) is 72.7 cm³/mol. The van der Waals surface area contributed by atoms with E-state index in [2.05, 4.69) is 10.4 Å². The Labute approximate surface area is 122 Å². The normalized spacial score (nSPS) is 11.8. The van der Waals surface area contributed by atoms with E-state index >= 15 is 0 Å². The molecule has 1 aromatic rings. The Bertz CT molecular complexity index is 538. The second kappa shape index (κ2) is 7.41. The summed E-state index contributed by atoms with van der Waals surface area (Å²) in [6.45, 7) is 3.60. The SMILES string of the molecule is CCOC(=O)CC[C@H](NC(=O)c1cnn(C)c1C)C(=O)O. The van der Waals surface area contributed by atoms with Crippen molar-refractivity contribution in [3.63, 3.8) is 0 Å². The van der Waals surface area contributed by atoms with Crippen LogP contribution in [0.5, 0.6) is 0 Å². The lowest BCUT2D eigenvalue weighted by Crippen LogP contribution is -2.41. The maximum Gasteiger partial charge on any atom is 0.326 e. The van der Waals surface area contributed by atoms with Crippen LogP contribution >= 0.6 is 0 Å². The van der Waals surface area contributed by atoms with Gasteiger partial charge in [0.15, 0.2) is 0 Å². The fraction of sp³-hybridized carbons (Fsp3) is 0.538. The van der Waals surface area contributed by atoms with Crippen LogP contribution in [-0.2, 0) is 21.4 Å². The highest BCUT2D eigenvalue weighted by Gasteiger charge is 2.23. The van der Waals surface area contributed by atoms with Gasteiger partial charge in [-0.15, -0.1) is 0 Å². The minimum Gasteiger partial charge on any atom is -0.480 e. The second-order valence-corrected chi connectivity index (χ2v) is 4.48. The number of aryl methyl sites for hydroxylation is 1. The Kier molecular flexibility index (Phi) is 5.89. The van der Waals surface area contributed by atoms with E-state index in [1.54, 1.807) is 20.9 Å². The van der Waals surface area contributed by atoms with Crippen LogP contribution in [0.25, 0.3) is 0 Å². The minimum absolute atomic E-state index is 0.0286. The van der Waals surface area contributed by atoms with Gasteiger partial charge in [-0.2, -0.15) is 5.10 Å². The number of aliphatic carboxylic acids is 1. The van der Waals surface area contributed by atoms with Crippen molar-refractivity contribution in [1.29, 1.82) is 0 Å². The van der Waals surface area contributed by atoms with Crippen LogP contribution in [0.15, 0.2) is 6.20 Å². The Balaban J connectivity index is 2.66. The number of hydrogen-bond acceptors (Lipinski definition) is 5. The second-order valence-electron chi connectivity index (χ2n) is 4.48. The first-order valence-electron chi connectivity index (χ1n) is 6.54. The summed E-state index contributed by atoms with van der Waals surface area (Å²) in [4.78, 5) is 34.4. The third-order valence-corrected chi connectivity index (χ3v) is 3.03. The molecule has 1 rings (SSSR count). The van der Waals surface area contributed by atoms with Gasteiger partial charge in [-0.1, -0.05) is 0 Å². The molecule has 0 aromatic carbocycles.